The van der Waals surface area contributed by atoms with Crippen LogP contribution in [0.1, 0.15) is 6.23 Å². The molecule has 40 heavy (non-hydrogen) atoms. The van der Waals surface area contributed by atoms with Crippen LogP contribution in [0.5, 0.6) is 23.0 Å². The number of aliphatic hydroxyl groups is 1. The van der Waals surface area contributed by atoms with Gasteiger partial charge >= 0.3 is 13.5 Å². The molecule has 2 aromatic carbocycles. The van der Waals surface area contributed by atoms with Crippen LogP contribution in [0.25, 0.3) is 0 Å². The number of benzene rings is 2. The zero-order valence-corrected chi connectivity index (χ0v) is 21.8. The van der Waals surface area contributed by atoms with Gasteiger partial charge in [-0.05, 0) is 48.5 Å². The summed E-state index contributed by atoms with van der Waals surface area (Å²) in [6, 6.07) is 12.0. The summed E-state index contributed by atoms with van der Waals surface area (Å²) in [5.41, 5.74) is -5.19. The van der Waals surface area contributed by atoms with E-state index in [2.05, 4.69) is 0 Å². The smallest absolute Gasteiger partial charge is 0.497 e. The molecule has 1 aromatic heterocycles. The molecule has 0 radical (unpaired) electrons. The van der Waals surface area contributed by atoms with Crippen molar-refractivity contribution in [2.45, 2.75) is 30.5 Å². The van der Waals surface area contributed by atoms with E-state index in [0.29, 0.717) is 16.1 Å². The standard InChI is InChI=1S/C24H24F3N2O10P/c1-34-14-3-7-16(8-4-14)38-40(33,39-17-9-5-15(35-2)6-10-17)36-13-24(22(26)27)20(25)19(31)21(37-24)29-12-11-18(30)28-23(29)32/h3-12,19-22,31H,13H2,1-2H3,(H,28,30,32)/t19?,20?,21-,24-/m0/s1. The Balaban J connectivity index is 1.64. The molecule has 4 atom stereocenters. The lowest BCUT2D eigenvalue weighted by atomic mass is 9.98. The number of aromatic nitrogens is 2. The molecular weight excluding hydrogens is 564 g/mol. The predicted molar refractivity (Wildman–Crippen MR) is 132 cm³/mol. The largest absolute Gasteiger partial charge is 0.587 e. The van der Waals surface area contributed by atoms with Crippen molar-refractivity contribution in [2.75, 3.05) is 20.8 Å². The van der Waals surface area contributed by atoms with Crippen molar-refractivity contribution in [3.63, 3.8) is 0 Å². The molecule has 0 bridgehead atoms. The van der Waals surface area contributed by atoms with E-state index in [1.165, 1.54) is 62.8 Å². The number of ether oxygens (including phenoxy) is 3. The Hall–Kier alpha value is -3.78. The number of phosphoric acid groups is 1. The Morgan fingerprint density at radius 3 is 1.93 bits per heavy atom. The zero-order chi connectivity index (χ0) is 29.1. The number of rotatable bonds is 11. The zero-order valence-electron chi connectivity index (χ0n) is 20.9. The summed E-state index contributed by atoms with van der Waals surface area (Å²) in [5.74, 6) is 0.692. The fourth-order valence-corrected chi connectivity index (χ4v) is 5.04. The molecule has 1 aliphatic heterocycles. The SMILES string of the molecule is COc1ccc(OP(=O)(OC[C@]2(C(F)F)O[C@H](n3ccc(=O)[nH]c3=O)C(O)C2F)Oc2ccc(OC)cc2)cc1. The normalized spacial score (nSPS) is 22.7. The number of phosphoric ester groups is 1. The van der Waals surface area contributed by atoms with Gasteiger partial charge in [-0.1, -0.05) is 0 Å². The van der Waals surface area contributed by atoms with Crippen molar-refractivity contribution in [3.05, 3.63) is 81.6 Å². The van der Waals surface area contributed by atoms with Gasteiger partial charge in [0.25, 0.3) is 12.0 Å². The van der Waals surface area contributed by atoms with Crippen LogP contribution < -0.4 is 29.8 Å². The number of aromatic amines is 1. The van der Waals surface area contributed by atoms with Gasteiger partial charge in [0.1, 0.15) is 29.1 Å². The molecule has 2 heterocycles. The van der Waals surface area contributed by atoms with Gasteiger partial charge in [-0.25, -0.2) is 22.5 Å². The first-order valence-corrected chi connectivity index (χ1v) is 13.0. The van der Waals surface area contributed by atoms with Gasteiger partial charge in [-0.3, -0.25) is 18.9 Å². The number of H-pyrrole nitrogens is 1. The fourth-order valence-electron chi connectivity index (χ4n) is 3.77. The van der Waals surface area contributed by atoms with Crippen LogP contribution in [0.2, 0.25) is 0 Å². The first-order valence-electron chi connectivity index (χ1n) is 11.5. The Labute approximate surface area is 224 Å². The van der Waals surface area contributed by atoms with Crippen molar-refractivity contribution in [2.24, 2.45) is 0 Å². The van der Waals surface area contributed by atoms with Gasteiger partial charge in [0.05, 0.1) is 20.8 Å². The van der Waals surface area contributed by atoms with Crippen LogP contribution >= 0.6 is 7.82 Å². The quantitative estimate of drug-likeness (QED) is 0.320. The first-order chi connectivity index (χ1) is 19.0. The molecule has 1 fully saturated rings. The third-order valence-electron chi connectivity index (χ3n) is 5.90. The Bertz CT molecular complexity index is 1410. The van der Waals surface area contributed by atoms with Crippen molar-refractivity contribution in [1.82, 2.24) is 9.55 Å². The molecule has 1 saturated heterocycles. The number of hydrogen-bond acceptors (Lipinski definition) is 10. The number of methoxy groups -OCH3 is 2. The second-order valence-electron chi connectivity index (χ2n) is 8.43. The van der Waals surface area contributed by atoms with Crippen LogP contribution in [-0.2, 0) is 13.8 Å². The summed E-state index contributed by atoms with van der Waals surface area (Å²) in [6.07, 6.45) is -9.94. The predicted octanol–water partition coefficient (Wildman–Crippen LogP) is 3.07. The number of hydrogen-bond donors (Lipinski definition) is 2. The second-order valence-corrected chi connectivity index (χ2v) is 9.95. The molecular formula is C24H24F3N2O10P. The first kappa shape index (κ1) is 29.2. The maximum Gasteiger partial charge on any atom is 0.587 e. The molecule has 216 valence electrons. The highest BCUT2D eigenvalue weighted by atomic mass is 31.2. The van der Waals surface area contributed by atoms with E-state index in [0.717, 1.165) is 12.3 Å². The molecule has 2 N–H and O–H groups in total. The highest BCUT2D eigenvalue weighted by Crippen LogP contribution is 2.53. The van der Waals surface area contributed by atoms with Gasteiger partial charge in [-0.15, -0.1) is 0 Å². The van der Waals surface area contributed by atoms with E-state index < -0.39 is 56.2 Å². The number of nitrogens with one attached hydrogen (secondary N) is 1. The van der Waals surface area contributed by atoms with Crippen LogP contribution in [0, 0.1) is 0 Å². The minimum absolute atomic E-state index is 0.0782. The van der Waals surface area contributed by atoms with E-state index >= 15 is 4.39 Å². The van der Waals surface area contributed by atoms with Gasteiger partial charge in [-0.2, -0.15) is 0 Å². The molecule has 3 aromatic rings. The maximum atomic E-state index is 15.3. The Morgan fingerprint density at radius 1 is 0.975 bits per heavy atom. The van der Waals surface area contributed by atoms with Crippen LogP contribution in [-0.4, -0.2) is 59.8 Å². The summed E-state index contributed by atoms with van der Waals surface area (Å²) in [4.78, 5) is 25.4. The highest BCUT2D eigenvalue weighted by molar-refractivity contribution is 7.49. The molecule has 0 spiro atoms. The van der Waals surface area contributed by atoms with E-state index in [-0.39, 0.29) is 11.5 Å². The van der Waals surface area contributed by atoms with Gasteiger partial charge in [0.2, 0.25) is 0 Å². The Morgan fingerprint density at radius 2 is 1.48 bits per heavy atom. The Kier molecular flexibility index (Phi) is 8.59. The van der Waals surface area contributed by atoms with Crippen LogP contribution in [0.4, 0.5) is 13.2 Å². The van der Waals surface area contributed by atoms with Crippen molar-refractivity contribution in [1.29, 1.82) is 0 Å². The van der Waals surface area contributed by atoms with Crippen molar-refractivity contribution < 1.29 is 50.6 Å². The summed E-state index contributed by atoms with van der Waals surface area (Å²) in [6.45, 7) is -1.44. The number of halogens is 3. The van der Waals surface area contributed by atoms with Crippen LogP contribution in [0.3, 0.4) is 0 Å². The second kappa shape index (κ2) is 11.8. The topological polar surface area (TPSA) is 148 Å². The van der Waals surface area contributed by atoms with Gasteiger partial charge in [0.15, 0.2) is 18.0 Å². The van der Waals surface area contributed by atoms with E-state index in [9.17, 15) is 28.0 Å². The molecule has 0 aliphatic carbocycles. The molecule has 12 nitrogen and oxygen atoms in total. The summed E-state index contributed by atoms with van der Waals surface area (Å²) in [5, 5.41) is 10.4. The molecule has 1 aliphatic rings. The average Bonchev–Trinajstić information content (AvgIpc) is 3.19. The maximum absolute atomic E-state index is 15.3. The molecule has 0 saturated carbocycles. The molecule has 0 amide bonds. The minimum Gasteiger partial charge on any atom is -0.497 e. The van der Waals surface area contributed by atoms with Gasteiger partial charge in [0, 0.05) is 12.3 Å². The van der Waals surface area contributed by atoms with Gasteiger partial charge < -0.3 is 28.4 Å². The fraction of sp³-hybridized carbons (Fsp3) is 0.333. The summed E-state index contributed by atoms with van der Waals surface area (Å²) >= 11 is 0. The van der Waals surface area contributed by atoms with E-state index in [1.807, 2.05) is 4.98 Å². The minimum atomic E-state index is -4.86. The van der Waals surface area contributed by atoms with E-state index in [1.54, 1.807) is 0 Å². The van der Waals surface area contributed by atoms with Crippen LogP contribution in [0.15, 0.2) is 70.4 Å². The third kappa shape index (κ3) is 6.02. The van der Waals surface area contributed by atoms with E-state index in [4.69, 9.17) is 27.8 Å². The number of nitrogens with zero attached hydrogens (tertiary/aromatic N) is 1. The summed E-state index contributed by atoms with van der Waals surface area (Å²) in [7, 11) is -2.03. The monoisotopic (exact) mass is 588 g/mol. The van der Waals surface area contributed by atoms with Crippen molar-refractivity contribution >= 4 is 7.82 Å². The average molecular weight is 588 g/mol. The lowest BCUT2D eigenvalue weighted by Gasteiger charge is -2.30. The lowest BCUT2D eigenvalue weighted by Crippen LogP contribution is -2.50. The third-order valence-corrected chi connectivity index (χ3v) is 7.21. The lowest BCUT2D eigenvalue weighted by molar-refractivity contribution is -0.184. The number of alkyl halides is 3. The molecule has 2 unspecified atom stereocenters. The molecule has 4 rings (SSSR count). The number of aliphatic hydroxyl groups excluding tert-OH is 1. The molecule has 16 heteroatoms. The highest BCUT2D eigenvalue weighted by Gasteiger charge is 2.63. The summed E-state index contributed by atoms with van der Waals surface area (Å²) < 4.78 is 89.5. The van der Waals surface area contributed by atoms with Crippen molar-refractivity contribution in [3.8, 4) is 23.0 Å².